The van der Waals surface area contributed by atoms with E-state index >= 15 is 0 Å². The molecule has 0 saturated heterocycles. The number of para-hydroxylation sites is 1. The maximum atomic E-state index is 14.6. The van der Waals surface area contributed by atoms with Crippen molar-refractivity contribution < 1.29 is 14.4 Å². The minimum Gasteiger partial charge on any atom is -0.361 e. The Labute approximate surface area is 303 Å². The van der Waals surface area contributed by atoms with Crippen molar-refractivity contribution in [1.29, 1.82) is 0 Å². The highest BCUT2D eigenvalue weighted by molar-refractivity contribution is 7.99. The van der Waals surface area contributed by atoms with Crippen LogP contribution in [0.15, 0.2) is 82.7 Å². The summed E-state index contributed by atoms with van der Waals surface area (Å²) in [6, 6.07) is 19.3. The zero-order valence-corrected chi connectivity index (χ0v) is 30.1. The number of unbranched alkanes of at least 4 members (excludes halogenated alkanes) is 1. The first-order chi connectivity index (χ1) is 24.3. The Morgan fingerprint density at radius 2 is 1.58 bits per heavy atom. The molecule has 5 rings (SSSR count). The van der Waals surface area contributed by atoms with Crippen LogP contribution in [0.3, 0.4) is 0 Å². The monoisotopic (exact) mass is 717 g/mol. The molecule has 0 bridgehead atoms. The first kappa shape index (κ1) is 37.4. The van der Waals surface area contributed by atoms with Crippen LogP contribution in [-0.2, 0) is 33.9 Å². The Hall–Kier alpha value is -3.87. The molecule has 3 aromatic carbocycles. The molecule has 50 heavy (non-hydrogen) atoms. The van der Waals surface area contributed by atoms with Crippen LogP contribution in [0.1, 0.15) is 55.7 Å². The Balaban J connectivity index is 1.58. The number of halogens is 1. The molecule has 4 aromatic rings. The quantitative estimate of drug-likeness (QED) is 0.128. The first-order valence-corrected chi connectivity index (χ1v) is 18.6. The average Bonchev–Trinajstić information content (AvgIpc) is 3.54. The lowest BCUT2D eigenvalue weighted by Crippen LogP contribution is -2.58. The molecule has 12 heteroatoms. The molecule has 3 atom stereocenters. The second kappa shape index (κ2) is 18.4. The Morgan fingerprint density at radius 3 is 2.38 bits per heavy atom. The zero-order valence-electron chi connectivity index (χ0n) is 28.6. The Kier molecular flexibility index (Phi) is 13.8. The number of rotatable bonds is 10. The predicted octanol–water partition coefficient (Wildman–Crippen LogP) is 4.87. The molecule has 266 valence electrons. The van der Waals surface area contributed by atoms with E-state index in [4.69, 9.17) is 23.1 Å². The van der Waals surface area contributed by atoms with Crippen LogP contribution in [0.25, 0.3) is 10.9 Å². The van der Waals surface area contributed by atoms with Crippen molar-refractivity contribution in [3.63, 3.8) is 0 Å². The minimum absolute atomic E-state index is 0.218. The summed E-state index contributed by atoms with van der Waals surface area (Å²) in [5, 5.41) is 11.2. The van der Waals surface area contributed by atoms with Gasteiger partial charge in [-0.2, -0.15) is 0 Å². The van der Waals surface area contributed by atoms with Crippen molar-refractivity contribution in [2.24, 2.45) is 11.5 Å². The summed E-state index contributed by atoms with van der Waals surface area (Å²) >= 11 is 8.33. The fourth-order valence-electron chi connectivity index (χ4n) is 6.45. The number of aromatic nitrogens is 1. The van der Waals surface area contributed by atoms with Gasteiger partial charge < -0.3 is 37.3 Å². The number of likely N-dealkylation sites (N-methyl/N-ethyl adjacent to an activating group) is 1. The van der Waals surface area contributed by atoms with E-state index in [1.807, 2.05) is 79.9 Å². The van der Waals surface area contributed by atoms with Gasteiger partial charge in [-0.1, -0.05) is 71.9 Å². The Morgan fingerprint density at radius 1 is 0.840 bits per heavy atom. The molecule has 0 spiro atoms. The van der Waals surface area contributed by atoms with Gasteiger partial charge >= 0.3 is 0 Å². The number of nitrogens with zero attached hydrogens (tertiary/aromatic N) is 1. The maximum Gasteiger partial charge on any atom is 0.245 e. The van der Waals surface area contributed by atoms with Gasteiger partial charge in [0.1, 0.15) is 12.1 Å². The van der Waals surface area contributed by atoms with E-state index < -0.39 is 18.1 Å². The maximum absolute atomic E-state index is 14.6. The summed E-state index contributed by atoms with van der Waals surface area (Å²) in [6.45, 7) is 3.67. The van der Waals surface area contributed by atoms with Gasteiger partial charge in [0.2, 0.25) is 17.7 Å². The smallest absolute Gasteiger partial charge is 0.245 e. The largest absolute Gasteiger partial charge is 0.361 e. The van der Waals surface area contributed by atoms with Gasteiger partial charge in [0.05, 0.1) is 11.1 Å². The van der Waals surface area contributed by atoms with Crippen molar-refractivity contribution >= 4 is 52.0 Å². The van der Waals surface area contributed by atoms with Crippen molar-refractivity contribution in [1.82, 2.24) is 25.8 Å². The lowest BCUT2D eigenvalue weighted by molar-refractivity contribution is -0.143. The van der Waals surface area contributed by atoms with Gasteiger partial charge in [-0.05, 0) is 87.0 Å². The van der Waals surface area contributed by atoms with Crippen molar-refractivity contribution in [3.05, 3.63) is 94.6 Å². The number of amides is 3. The van der Waals surface area contributed by atoms with E-state index in [1.165, 1.54) is 11.8 Å². The van der Waals surface area contributed by atoms with Crippen LogP contribution in [0.2, 0.25) is 5.02 Å². The van der Waals surface area contributed by atoms with E-state index in [0.29, 0.717) is 56.8 Å². The minimum atomic E-state index is -0.849. The normalized spacial score (nSPS) is 19.4. The predicted molar refractivity (Wildman–Crippen MR) is 201 cm³/mol. The lowest BCUT2D eigenvalue weighted by Gasteiger charge is -2.34. The number of benzene rings is 3. The van der Waals surface area contributed by atoms with Crippen molar-refractivity contribution in [2.45, 2.75) is 86.5 Å². The average molecular weight is 718 g/mol. The third-order valence-electron chi connectivity index (χ3n) is 9.19. The van der Waals surface area contributed by atoms with E-state index in [1.54, 1.807) is 4.90 Å². The fraction of sp³-hybridized carbons (Fsp3) is 0.395. The molecule has 1 aromatic heterocycles. The van der Waals surface area contributed by atoms with Gasteiger partial charge in [0, 0.05) is 52.9 Å². The first-order valence-electron chi connectivity index (χ1n) is 17.4. The molecule has 10 nitrogen and oxygen atoms in total. The molecule has 0 saturated carbocycles. The number of carbonyl (C=O) groups is 3. The van der Waals surface area contributed by atoms with E-state index in [2.05, 4.69) is 20.9 Å². The zero-order chi connectivity index (χ0) is 35.5. The van der Waals surface area contributed by atoms with Crippen molar-refractivity contribution in [2.75, 3.05) is 19.6 Å². The van der Waals surface area contributed by atoms with Crippen LogP contribution < -0.4 is 27.4 Å². The number of nitrogens with two attached hydrogens (primary N) is 2. The number of H-pyrrole nitrogens is 1. The summed E-state index contributed by atoms with van der Waals surface area (Å²) < 4.78 is 0. The summed E-state index contributed by atoms with van der Waals surface area (Å²) in [5.41, 5.74) is 15.4. The van der Waals surface area contributed by atoms with Crippen LogP contribution in [0, 0.1) is 0 Å². The molecular formula is C38H48ClN7O3S. The molecule has 1 aliphatic heterocycles. The van der Waals surface area contributed by atoms with E-state index in [0.717, 1.165) is 37.4 Å². The summed E-state index contributed by atoms with van der Waals surface area (Å²) in [6.07, 6.45) is 5.06. The topological polar surface area (TPSA) is 158 Å². The summed E-state index contributed by atoms with van der Waals surface area (Å²) in [5.74, 6) is -0.870. The third kappa shape index (κ3) is 9.26. The molecule has 0 fully saturated rings. The van der Waals surface area contributed by atoms with E-state index in [-0.39, 0.29) is 37.2 Å². The Bertz CT molecular complexity index is 1770. The molecule has 2 heterocycles. The standard InChI is InChI=1S/C38H48ClN7O3S/c1-2-46-33(21-27-24-42-30-15-5-4-13-28(27)30)37(48)44-23-26-12-9-14-29(39)35(26)50-34-18-6-3-11-25(34)22-43-31(17-10-20-41)36(47)45-32(38(46)49)16-7-8-19-40/h3-6,9,11-15,18,24,31-33,42-43H,2,7-8,10,16-17,19-23,40-41H2,1H3,(H,44,48)(H,45,47)/t31-,32-,33-/m0/s1. The van der Waals surface area contributed by atoms with Crippen LogP contribution >= 0.6 is 23.4 Å². The lowest BCUT2D eigenvalue weighted by atomic mass is 10.00. The van der Waals surface area contributed by atoms with Crippen molar-refractivity contribution in [3.8, 4) is 0 Å². The molecule has 0 unspecified atom stereocenters. The third-order valence-corrected chi connectivity index (χ3v) is 10.9. The number of fused-ring (bicyclic) bond motifs is 3. The number of carbonyl (C=O) groups excluding carboxylic acids is 3. The van der Waals surface area contributed by atoms with Gasteiger partial charge in [-0.15, -0.1) is 0 Å². The molecule has 8 N–H and O–H groups in total. The molecule has 1 aliphatic rings. The van der Waals surface area contributed by atoms with E-state index in [9.17, 15) is 14.4 Å². The highest BCUT2D eigenvalue weighted by atomic mass is 35.5. The highest BCUT2D eigenvalue weighted by Crippen LogP contribution is 2.38. The van der Waals surface area contributed by atoms with Gasteiger partial charge in [0.25, 0.3) is 0 Å². The molecule has 0 radical (unpaired) electrons. The number of aromatic amines is 1. The highest BCUT2D eigenvalue weighted by Gasteiger charge is 2.35. The van der Waals surface area contributed by atoms with Gasteiger partial charge in [-0.25, -0.2) is 0 Å². The molecular weight excluding hydrogens is 670 g/mol. The van der Waals surface area contributed by atoms with Gasteiger partial charge in [0.15, 0.2) is 0 Å². The fourth-order valence-corrected chi connectivity index (χ4v) is 7.84. The van der Waals surface area contributed by atoms with Gasteiger partial charge in [-0.3, -0.25) is 14.4 Å². The number of nitrogens with one attached hydrogen (secondary N) is 4. The second-order valence-corrected chi connectivity index (χ2v) is 14.0. The van der Waals surface area contributed by atoms with Crippen LogP contribution in [0.5, 0.6) is 0 Å². The number of hydrogen-bond acceptors (Lipinski definition) is 7. The summed E-state index contributed by atoms with van der Waals surface area (Å²) in [4.78, 5) is 49.6. The molecule has 0 aliphatic carbocycles. The van der Waals surface area contributed by atoms with Crippen LogP contribution in [0.4, 0.5) is 0 Å². The number of hydrogen-bond donors (Lipinski definition) is 6. The summed E-state index contributed by atoms with van der Waals surface area (Å²) in [7, 11) is 0. The second-order valence-electron chi connectivity index (χ2n) is 12.6. The molecule has 3 amide bonds. The van der Waals surface area contributed by atoms with Crippen LogP contribution in [-0.4, -0.2) is 65.4 Å². The SMILES string of the molecule is CCN1C(=O)[C@H](CCCCN)NC(=O)[C@H](CCCN)NCc2ccccc2Sc2c(Cl)cccc2CNC(=O)[C@@H]1Cc1c[nH]c2ccccc12.